The molecule has 6 heteroatoms. The average molecular weight is 437 g/mol. The van der Waals surface area contributed by atoms with Crippen molar-refractivity contribution in [1.82, 2.24) is 10.3 Å². The summed E-state index contributed by atoms with van der Waals surface area (Å²) in [6.07, 6.45) is 5.19. The van der Waals surface area contributed by atoms with Gasteiger partial charge in [0, 0.05) is 5.56 Å². The van der Waals surface area contributed by atoms with Gasteiger partial charge in [-0.3, -0.25) is 4.79 Å². The highest BCUT2D eigenvalue weighted by Gasteiger charge is 2.37. The zero-order chi connectivity index (χ0) is 23.3. The molecule has 2 aromatic carbocycles. The first-order valence-corrected chi connectivity index (χ1v) is 10.8. The van der Waals surface area contributed by atoms with Crippen molar-refractivity contribution in [1.29, 1.82) is 5.26 Å². The second kappa shape index (κ2) is 9.49. The van der Waals surface area contributed by atoms with Gasteiger partial charge in [0.2, 0.25) is 0 Å². The minimum absolute atomic E-state index is 0.0110. The van der Waals surface area contributed by atoms with Gasteiger partial charge in [-0.25, -0.2) is 9.78 Å². The van der Waals surface area contributed by atoms with Gasteiger partial charge in [-0.05, 0) is 48.7 Å². The van der Waals surface area contributed by atoms with Crippen LogP contribution in [0.5, 0.6) is 0 Å². The molecule has 1 aliphatic rings. The standard InChI is InChI=1S/C27H23N3O3/c28-18-21(25(31)30-27(15-4-5-16-27)22-7-2-1-3-8-22)17-23-9-6-10-24(29-23)19-11-13-20(14-12-19)26(32)33/h1-3,6-14,17H,4-5,15-16H2,(H,30,31)(H,32,33)/b21-17+. The fraction of sp³-hybridized carbons (Fsp3) is 0.185. The lowest BCUT2D eigenvalue weighted by Gasteiger charge is -2.31. The molecule has 0 saturated heterocycles. The van der Waals surface area contributed by atoms with E-state index in [-0.39, 0.29) is 11.1 Å². The number of nitrogens with one attached hydrogen (secondary N) is 1. The average Bonchev–Trinajstić information content (AvgIpc) is 3.33. The molecule has 33 heavy (non-hydrogen) atoms. The number of carbonyl (C=O) groups is 2. The summed E-state index contributed by atoms with van der Waals surface area (Å²) in [6, 6.07) is 23.6. The first kappa shape index (κ1) is 22.0. The number of hydrogen-bond donors (Lipinski definition) is 2. The van der Waals surface area contributed by atoms with Crippen LogP contribution in [0.15, 0.2) is 78.4 Å². The summed E-state index contributed by atoms with van der Waals surface area (Å²) in [7, 11) is 0. The number of carboxylic acid groups (broad SMARTS) is 1. The van der Waals surface area contributed by atoms with E-state index in [0.717, 1.165) is 36.8 Å². The molecule has 1 fully saturated rings. The predicted molar refractivity (Wildman–Crippen MR) is 125 cm³/mol. The largest absolute Gasteiger partial charge is 0.478 e. The van der Waals surface area contributed by atoms with Gasteiger partial charge in [-0.2, -0.15) is 5.26 Å². The van der Waals surface area contributed by atoms with Gasteiger partial charge < -0.3 is 10.4 Å². The molecule has 164 valence electrons. The molecule has 1 aromatic heterocycles. The van der Waals surface area contributed by atoms with E-state index in [1.165, 1.54) is 18.2 Å². The quantitative estimate of drug-likeness (QED) is 0.420. The van der Waals surface area contributed by atoms with E-state index in [0.29, 0.717) is 11.4 Å². The molecule has 1 aliphatic carbocycles. The summed E-state index contributed by atoms with van der Waals surface area (Å²) in [5.74, 6) is -1.41. The van der Waals surface area contributed by atoms with Crippen LogP contribution in [0.2, 0.25) is 0 Å². The molecule has 1 amide bonds. The van der Waals surface area contributed by atoms with Crippen molar-refractivity contribution >= 4 is 18.0 Å². The van der Waals surface area contributed by atoms with Gasteiger partial charge in [0.15, 0.2) is 0 Å². The lowest BCUT2D eigenvalue weighted by Crippen LogP contribution is -2.44. The first-order valence-electron chi connectivity index (χ1n) is 10.8. The summed E-state index contributed by atoms with van der Waals surface area (Å²) < 4.78 is 0. The summed E-state index contributed by atoms with van der Waals surface area (Å²) in [5.41, 5.74) is 2.61. The molecule has 0 unspecified atom stereocenters. The van der Waals surface area contributed by atoms with Crippen LogP contribution in [-0.4, -0.2) is 22.0 Å². The second-order valence-corrected chi connectivity index (χ2v) is 8.11. The highest BCUT2D eigenvalue weighted by atomic mass is 16.4. The van der Waals surface area contributed by atoms with E-state index in [2.05, 4.69) is 10.3 Å². The molecule has 0 aliphatic heterocycles. The van der Waals surface area contributed by atoms with Crippen LogP contribution in [0.3, 0.4) is 0 Å². The number of aromatic nitrogens is 1. The predicted octanol–water partition coefficient (Wildman–Crippen LogP) is 4.94. The van der Waals surface area contributed by atoms with Crippen LogP contribution < -0.4 is 5.32 Å². The number of benzene rings is 2. The van der Waals surface area contributed by atoms with E-state index in [1.807, 2.05) is 36.4 Å². The maximum Gasteiger partial charge on any atom is 0.335 e. The Hall–Kier alpha value is -4.24. The molecule has 1 heterocycles. The van der Waals surface area contributed by atoms with Crippen molar-refractivity contribution in [3.05, 3.63) is 95.2 Å². The van der Waals surface area contributed by atoms with Crippen LogP contribution in [0.1, 0.15) is 47.3 Å². The number of amides is 1. The Morgan fingerprint density at radius 1 is 0.970 bits per heavy atom. The molecule has 6 nitrogen and oxygen atoms in total. The van der Waals surface area contributed by atoms with Crippen LogP contribution in [0, 0.1) is 11.3 Å². The van der Waals surface area contributed by atoms with Gasteiger partial charge in [-0.15, -0.1) is 0 Å². The minimum atomic E-state index is -0.994. The Labute approximate surface area is 192 Å². The molecular formula is C27H23N3O3. The van der Waals surface area contributed by atoms with E-state index < -0.39 is 17.4 Å². The molecule has 2 N–H and O–H groups in total. The smallest absolute Gasteiger partial charge is 0.335 e. The summed E-state index contributed by atoms with van der Waals surface area (Å²) in [6.45, 7) is 0. The molecule has 0 radical (unpaired) electrons. The lowest BCUT2D eigenvalue weighted by atomic mass is 9.88. The number of carbonyl (C=O) groups excluding carboxylic acids is 1. The van der Waals surface area contributed by atoms with E-state index in [4.69, 9.17) is 5.11 Å². The van der Waals surface area contributed by atoms with Gasteiger partial charge in [0.1, 0.15) is 11.6 Å². The Kier molecular flexibility index (Phi) is 6.32. The Morgan fingerprint density at radius 3 is 2.30 bits per heavy atom. The van der Waals surface area contributed by atoms with E-state index in [9.17, 15) is 14.9 Å². The van der Waals surface area contributed by atoms with Crippen LogP contribution in [0.4, 0.5) is 0 Å². The van der Waals surface area contributed by atoms with Gasteiger partial charge in [0.25, 0.3) is 5.91 Å². The Morgan fingerprint density at radius 2 is 1.67 bits per heavy atom. The van der Waals surface area contributed by atoms with Crippen LogP contribution in [0.25, 0.3) is 17.3 Å². The number of rotatable bonds is 6. The zero-order valence-electron chi connectivity index (χ0n) is 18.0. The highest BCUT2D eigenvalue weighted by molar-refractivity contribution is 6.02. The number of carboxylic acids is 1. The fourth-order valence-corrected chi connectivity index (χ4v) is 4.28. The van der Waals surface area contributed by atoms with Crippen molar-refractivity contribution in [2.75, 3.05) is 0 Å². The summed E-state index contributed by atoms with van der Waals surface area (Å²) in [5, 5.41) is 21.9. The molecular weight excluding hydrogens is 414 g/mol. The third-order valence-electron chi connectivity index (χ3n) is 5.99. The number of nitrogens with zero attached hydrogens (tertiary/aromatic N) is 2. The van der Waals surface area contributed by atoms with Crippen molar-refractivity contribution in [2.45, 2.75) is 31.2 Å². The maximum absolute atomic E-state index is 13.1. The monoisotopic (exact) mass is 437 g/mol. The number of aromatic carboxylic acids is 1. The zero-order valence-corrected chi connectivity index (χ0v) is 18.0. The summed E-state index contributed by atoms with van der Waals surface area (Å²) >= 11 is 0. The van der Waals surface area contributed by atoms with Crippen molar-refractivity contribution in [3.63, 3.8) is 0 Å². The number of hydrogen-bond acceptors (Lipinski definition) is 4. The maximum atomic E-state index is 13.1. The molecule has 3 aromatic rings. The number of nitriles is 1. The van der Waals surface area contributed by atoms with Crippen molar-refractivity contribution < 1.29 is 14.7 Å². The van der Waals surface area contributed by atoms with Gasteiger partial charge >= 0.3 is 5.97 Å². The van der Waals surface area contributed by atoms with E-state index >= 15 is 0 Å². The van der Waals surface area contributed by atoms with Gasteiger partial charge in [0.05, 0.1) is 22.5 Å². The van der Waals surface area contributed by atoms with Crippen LogP contribution >= 0.6 is 0 Å². The number of pyridine rings is 1. The van der Waals surface area contributed by atoms with E-state index in [1.54, 1.807) is 30.3 Å². The molecule has 1 saturated carbocycles. The molecule has 0 atom stereocenters. The molecule has 4 rings (SSSR count). The topological polar surface area (TPSA) is 103 Å². The third-order valence-corrected chi connectivity index (χ3v) is 5.99. The fourth-order valence-electron chi connectivity index (χ4n) is 4.28. The first-order chi connectivity index (χ1) is 16.0. The minimum Gasteiger partial charge on any atom is -0.478 e. The molecule has 0 spiro atoms. The highest BCUT2D eigenvalue weighted by Crippen LogP contribution is 2.38. The normalized spacial score (nSPS) is 14.9. The van der Waals surface area contributed by atoms with Crippen molar-refractivity contribution in [2.24, 2.45) is 0 Å². The summed E-state index contributed by atoms with van der Waals surface area (Å²) in [4.78, 5) is 28.7. The van der Waals surface area contributed by atoms with Gasteiger partial charge in [-0.1, -0.05) is 61.4 Å². The molecule has 0 bridgehead atoms. The SMILES string of the molecule is N#C/C(=C\c1cccc(-c2ccc(C(=O)O)cc2)n1)C(=O)NC1(c2ccccc2)CCCC1. The Balaban J connectivity index is 1.59. The lowest BCUT2D eigenvalue weighted by molar-refractivity contribution is -0.119. The Bertz CT molecular complexity index is 1240. The van der Waals surface area contributed by atoms with Crippen LogP contribution in [-0.2, 0) is 10.3 Å². The second-order valence-electron chi connectivity index (χ2n) is 8.11. The third kappa shape index (κ3) is 4.83. The van der Waals surface area contributed by atoms with Crippen molar-refractivity contribution in [3.8, 4) is 17.3 Å².